The van der Waals surface area contributed by atoms with E-state index < -0.39 is 0 Å². The predicted octanol–water partition coefficient (Wildman–Crippen LogP) is 3.98. The Morgan fingerprint density at radius 1 is 1.14 bits per heavy atom. The molecule has 22 heavy (non-hydrogen) atoms. The fraction of sp³-hybridized carbons (Fsp3) is 0.0588. The molecular weight excluding hydrogens is 296 g/mol. The largest absolute Gasteiger partial charge is 0.368 e. The zero-order valence-electron chi connectivity index (χ0n) is 12.1. The lowest BCUT2D eigenvalue weighted by molar-refractivity contribution is 0.897. The highest BCUT2D eigenvalue weighted by atomic mass is 35.5. The Hall–Kier alpha value is -2.59. The quantitative estimate of drug-likeness (QED) is 0.744. The van der Waals surface area contributed by atoms with E-state index in [1.807, 2.05) is 49.4 Å². The molecule has 3 aromatic rings. The zero-order chi connectivity index (χ0) is 15.5. The van der Waals surface area contributed by atoms with Crippen LogP contribution in [0.15, 0.2) is 59.8 Å². The van der Waals surface area contributed by atoms with E-state index >= 15 is 0 Å². The molecule has 2 N–H and O–H groups in total. The number of halogens is 1. The van der Waals surface area contributed by atoms with Crippen LogP contribution >= 0.6 is 11.6 Å². The minimum Gasteiger partial charge on any atom is -0.368 e. The van der Waals surface area contributed by atoms with Crippen LogP contribution in [0.5, 0.6) is 0 Å². The molecule has 1 heterocycles. The third-order valence-electron chi connectivity index (χ3n) is 3.21. The normalized spacial score (nSPS) is 11.2. The van der Waals surface area contributed by atoms with Gasteiger partial charge in [0, 0.05) is 5.02 Å². The average Bonchev–Trinajstić information content (AvgIpc) is 2.83. The third-order valence-corrected chi connectivity index (χ3v) is 3.45. The maximum Gasteiger partial charge on any atom is 0.221 e. The van der Waals surface area contributed by atoms with Crippen LogP contribution in [0.25, 0.3) is 11.1 Å². The molecule has 2 aromatic carbocycles. The van der Waals surface area contributed by atoms with Crippen molar-refractivity contribution in [2.24, 2.45) is 5.10 Å². The summed E-state index contributed by atoms with van der Waals surface area (Å²) in [7, 11) is 0. The van der Waals surface area contributed by atoms with Gasteiger partial charge in [-0.25, -0.2) is 9.66 Å². The van der Waals surface area contributed by atoms with Crippen LogP contribution in [0.1, 0.15) is 11.3 Å². The van der Waals surface area contributed by atoms with Crippen LogP contribution in [0, 0.1) is 6.92 Å². The van der Waals surface area contributed by atoms with E-state index in [1.54, 1.807) is 17.1 Å². The average molecular weight is 311 g/mol. The number of aromatic nitrogens is 2. The number of anilines is 1. The molecule has 3 rings (SSSR count). The topological polar surface area (TPSA) is 56.2 Å². The number of imidazole rings is 1. The number of nitrogens with zero attached hydrogens (tertiary/aromatic N) is 3. The number of hydrogen-bond acceptors (Lipinski definition) is 3. The number of nitrogens with two attached hydrogens (primary N) is 1. The van der Waals surface area contributed by atoms with Crippen molar-refractivity contribution in [2.75, 3.05) is 5.73 Å². The summed E-state index contributed by atoms with van der Waals surface area (Å²) in [5, 5.41) is 5.05. The Kier molecular flexibility index (Phi) is 3.94. The van der Waals surface area contributed by atoms with Crippen molar-refractivity contribution in [3.63, 3.8) is 0 Å². The predicted molar refractivity (Wildman–Crippen MR) is 91.3 cm³/mol. The Morgan fingerprint density at radius 3 is 2.55 bits per heavy atom. The Morgan fingerprint density at radius 2 is 1.86 bits per heavy atom. The van der Waals surface area contributed by atoms with Gasteiger partial charge >= 0.3 is 0 Å². The van der Waals surface area contributed by atoms with Gasteiger partial charge in [0.05, 0.1) is 18.1 Å². The second-order valence-electron chi connectivity index (χ2n) is 4.97. The van der Waals surface area contributed by atoms with E-state index in [2.05, 4.69) is 16.2 Å². The van der Waals surface area contributed by atoms with E-state index in [1.165, 1.54) is 0 Å². The first-order chi connectivity index (χ1) is 10.6. The van der Waals surface area contributed by atoms with Crippen molar-refractivity contribution >= 4 is 23.8 Å². The van der Waals surface area contributed by atoms with Crippen molar-refractivity contribution in [3.8, 4) is 11.1 Å². The standard InChI is InChI=1S/C17H15ClN4/c1-12-11-22(17(19)21-12)20-10-13-4-2-5-14(8-13)15-6-3-7-16(18)9-15/h2-11H,1H3,(H2,19,21). The zero-order valence-corrected chi connectivity index (χ0v) is 12.8. The number of benzene rings is 2. The maximum atomic E-state index is 6.04. The molecule has 110 valence electrons. The number of rotatable bonds is 3. The first-order valence-corrected chi connectivity index (χ1v) is 7.21. The molecule has 0 radical (unpaired) electrons. The molecule has 0 aliphatic carbocycles. The molecule has 0 fully saturated rings. The lowest BCUT2D eigenvalue weighted by atomic mass is 10.0. The van der Waals surface area contributed by atoms with E-state index in [-0.39, 0.29) is 0 Å². The smallest absolute Gasteiger partial charge is 0.221 e. The molecule has 0 aliphatic rings. The first kappa shape index (κ1) is 14.4. The summed E-state index contributed by atoms with van der Waals surface area (Å²) in [5.74, 6) is 0.375. The second kappa shape index (κ2) is 6.03. The van der Waals surface area contributed by atoms with E-state index in [0.29, 0.717) is 5.95 Å². The maximum absolute atomic E-state index is 6.04. The summed E-state index contributed by atoms with van der Waals surface area (Å²) in [6.45, 7) is 1.88. The highest BCUT2D eigenvalue weighted by Crippen LogP contribution is 2.23. The Balaban J connectivity index is 1.90. The minimum absolute atomic E-state index is 0.375. The molecule has 0 aliphatic heterocycles. The Bertz CT molecular complexity index is 836. The molecule has 0 amide bonds. The summed E-state index contributed by atoms with van der Waals surface area (Å²) in [4.78, 5) is 4.11. The molecule has 4 nitrogen and oxygen atoms in total. The molecule has 0 saturated heterocycles. The van der Waals surface area contributed by atoms with Crippen LogP contribution in [-0.2, 0) is 0 Å². The van der Waals surface area contributed by atoms with Gasteiger partial charge < -0.3 is 5.73 Å². The molecule has 0 atom stereocenters. The summed E-state index contributed by atoms with van der Waals surface area (Å²) in [6, 6.07) is 15.8. The van der Waals surface area contributed by atoms with Crippen LogP contribution in [0.2, 0.25) is 5.02 Å². The van der Waals surface area contributed by atoms with Crippen molar-refractivity contribution in [1.29, 1.82) is 0 Å². The van der Waals surface area contributed by atoms with Gasteiger partial charge in [-0.3, -0.25) is 0 Å². The summed E-state index contributed by atoms with van der Waals surface area (Å²) in [5.41, 5.74) is 9.73. The number of aryl methyl sites for hydroxylation is 1. The Labute approximate surface area is 133 Å². The van der Waals surface area contributed by atoms with Gasteiger partial charge in [-0.05, 0) is 41.8 Å². The van der Waals surface area contributed by atoms with Gasteiger partial charge in [0.25, 0.3) is 0 Å². The van der Waals surface area contributed by atoms with Gasteiger partial charge in [-0.2, -0.15) is 5.10 Å². The third kappa shape index (κ3) is 3.18. The molecule has 0 unspecified atom stereocenters. The van der Waals surface area contributed by atoms with Crippen molar-refractivity contribution in [3.05, 3.63) is 71.0 Å². The fourth-order valence-electron chi connectivity index (χ4n) is 2.19. The van der Waals surface area contributed by atoms with Crippen LogP contribution in [0.3, 0.4) is 0 Å². The van der Waals surface area contributed by atoms with Crippen LogP contribution in [-0.4, -0.2) is 15.9 Å². The summed E-state index contributed by atoms with van der Waals surface area (Å²) in [6.07, 6.45) is 3.54. The lowest BCUT2D eigenvalue weighted by Crippen LogP contribution is -1.97. The fourth-order valence-corrected chi connectivity index (χ4v) is 2.38. The van der Waals surface area contributed by atoms with Gasteiger partial charge in [0.15, 0.2) is 0 Å². The van der Waals surface area contributed by atoms with Gasteiger partial charge in [-0.1, -0.05) is 41.9 Å². The first-order valence-electron chi connectivity index (χ1n) is 6.83. The molecular formula is C17H15ClN4. The molecule has 1 aromatic heterocycles. The van der Waals surface area contributed by atoms with Crippen molar-refractivity contribution < 1.29 is 0 Å². The summed E-state index contributed by atoms with van der Waals surface area (Å²) >= 11 is 6.04. The lowest BCUT2D eigenvalue weighted by Gasteiger charge is -2.03. The SMILES string of the molecule is Cc1cn(N=Cc2cccc(-c3cccc(Cl)c3)c2)c(N)n1. The summed E-state index contributed by atoms with van der Waals surface area (Å²) < 4.78 is 1.56. The minimum atomic E-state index is 0.375. The van der Waals surface area contributed by atoms with Crippen molar-refractivity contribution in [2.45, 2.75) is 6.92 Å². The highest BCUT2D eigenvalue weighted by Gasteiger charge is 2.01. The molecule has 0 spiro atoms. The van der Waals surface area contributed by atoms with Gasteiger partial charge in [-0.15, -0.1) is 0 Å². The highest BCUT2D eigenvalue weighted by molar-refractivity contribution is 6.30. The van der Waals surface area contributed by atoms with Crippen molar-refractivity contribution in [1.82, 2.24) is 9.66 Å². The molecule has 0 saturated carbocycles. The van der Waals surface area contributed by atoms with Crippen LogP contribution < -0.4 is 5.73 Å². The second-order valence-corrected chi connectivity index (χ2v) is 5.40. The van der Waals surface area contributed by atoms with Crippen LogP contribution in [0.4, 0.5) is 5.95 Å². The molecule has 5 heteroatoms. The van der Waals surface area contributed by atoms with Gasteiger partial charge in [0.2, 0.25) is 5.95 Å². The molecule has 0 bridgehead atoms. The number of hydrogen-bond donors (Lipinski definition) is 1. The van der Waals surface area contributed by atoms with E-state index in [9.17, 15) is 0 Å². The number of nitrogen functional groups attached to an aromatic ring is 1. The van der Waals surface area contributed by atoms with E-state index in [0.717, 1.165) is 27.4 Å². The van der Waals surface area contributed by atoms with E-state index in [4.69, 9.17) is 17.3 Å². The van der Waals surface area contributed by atoms with Gasteiger partial charge in [0.1, 0.15) is 0 Å². The monoisotopic (exact) mass is 310 g/mol.